The van der Waals surface area contributed by atoms with E-state index in [9.17, 15) is 9.59 Å². The first-order chi connectivity index (χ1) is 17.5. The first-order valence-corrected chi connectivity index (χ1v) is 19.2. The predicted molar refractivity (Wildman–Crippen MR) is 156 cm³/mol. The third kappa shape index (κ3) is 9.55. The second-order valence-corrected chi connectivity index (χ2v) is 21.2. The lowest BCUT2D eigenvalue weighted by Crippen LogP contribution is -2.43. The van der Waals surface area contributed by atoms with Gasteiger partial charge in [-0.3, -0.25) is 9.59 Å². The second kappa shape index (κ2) is 13.9. The van der Waals surface area contributed by atoms with Crippen molar-refractivity contribution in [2.45, 2.75) is 90.3 Å². The summed E-state index contributed by atoms with van der Waals surface area (Å²) < 4.78 is 23.4. The van der Waals surface area contributed by atoms with E-state index in [-0.39, 0.29) is 35.5 Å². The standard InChI is InChI=1S/C28H44N2O6Si2/c1-28(2,3)38(10,11)36-22(16-17-37(7,8)9)14-12-20-18-24(33-4)26(34-5)27(35-6)25(20)23(32)15-13-21(31)19-30-29/h18-19,22H,12-15H2,1-11H3. The van der Waals surface area contributed by atoms with E-state index in [1.54, 1.807) is 6.07 Å². The summed E-state index contributed by atoms with van der Waals surface area (Å²) in [5.41, 5.74) is 13.1. The van der Waals surface area contributed by atoms with Gasteiger partial charge in [-0.15, -0.1) is 5.54 Å². The molecule has 1 unspecified atom stereocenters. The van der Waals surface area contributed by atoms with E-state index in [2.05, 4.69) is 69.8 Å². The van der Waals surface area contributed by atoms with Gasteiger partial charge in [0, 0.05) is 12.8 Å². The number of aryl methyl sites for hydroxylation is 1. The lowest BCUT2D eigenvalue weighted by molar-refractivity contribution is -0.116. The largest absolute Gasteiger partial charge is 0.493 e. The SMILES string of the molecule is COc1cc(CCC(C#C[Si](C)(C)C)O[Si](C)(C)C(C)(C)C)c(C(=O)CCC(=O)C=[N+]=[N-])c(OC)c1OC. The number of ether oxygens (including phenoxy) is 3. The Morgan fingerprint density at radius 1 is 1.03 bits per heavy atom. The van der Waals surface area contributed by atoms with Crippen LogP contribution in [0.3, 0.4) is 0 Å². The van der Waals surface area contributed by atoms with Crippen LogP contribution in [0.15, 0.2) is 6.07 Å². The molecule has 10 heteroatoms. The second-order valence-electron chi connectivity index (χ2n) is 11.7. The minimum atomic E-state index is -2.12. The van der Waals surface area contributed by atoms with E-state index in [1.807, 2.05) is 0 Å². The Morgan fingerprint density at radius 3 is 2.11 bits per heavy atom. The zero-order valence-electron chi connectivity index (χ0n) is 24.9. The summed E-state index contributed by atoms with van der Waals surface area (Å²) in [5.74, 6) is 3.67. The number of benzene rings is 1. The van der Waals surface area contributed by atoms with Crippen LogP contribution < -0.4 is 14.2 Å². The van der Waals surface area contributed by atoms with Gasteiger partial charge in [0.1, 0.15) is 14.2 Å². The average Bonchev–Trinajstić information content (AvgIpc) is 2.81. The van der Waals surface area contributed by atoms with E-state index in [4.69, 9.17) is 24.2 Å². The van der Waals surface area contributed by atoms with Gasteiger partial charge in [0.2, 0.25) is 11.5 Å². The molecule has 1 rings (SSSR count). The molecule has 0 aliphatic heterocycles. The van der Waals surface area contributed by atoms with Gasteiger partial charge in [-0.1, -0.05) is 46.3 Å². The quantitative estimate of drug-likeness (QED) is 0.0759. The highest BCUT2D eigenvalue weighted by Crippen LogP contribution is 2.43. The number of carbonyl (C=O) groups is 2. The van der Waals surface area contributed by atoms with Crippen LogP contribution in [0.1, 0.15) is 56.0 Å². The Balaban J connectivity index is 3.55. The van der Waals surface area contributed by atoms with Crippen LogP contribution in [0.5, 0.6) is 17.2 Å². The molecular weight excluding hydrogens is 516 g/mol. The molecule has 0 radical (unpaired) electrons. The fraction of sp³-hybridized carbons (Fsp3) is 0.607. The Hall–Kier alpha value is -2.71. The molecular formula is C28H44N2O6Si2. The van der Waals surface area contributed by atoms with Crippen molar-refractivity contribution >= 4 is 34.2 Å². The zero-order valence-corrected chi connectivity index (χ0v) is 26.9. The van der Waals surface area contributed by atoms with Gasteiger partial charge in [-0.25, -0.2) is 0 Å². The number of nitrogens with zero attached hydrogens (tertiary/aromatic N) is 2. The first kappa shape index (κ1) is 33.3. The van der Waals surface area contributed by atoms with Gasteiger partial charge in [-0.05, 0) is 42.6 Å². The van der Waals surface area contributed by atoms with Crippen LogP contribution in [-0.4, -0.2) is 66.4 Å². The maximum Gasteiger partial charge on any atom is 0.323 e. The molecule has 210 valence electrons. The summed E-state index contributed by atoms with van der Waals surface area (Å²) in [6, 6.07) is 1.78. The summed E-state index contributed by atoms with van der Waals surface area (Å²) in [6.45, 7) is 17.6. The first-order valence-electron chi connectivity index (χ1n) is 12.8. The molecule has 38 heavy (non-hydrogen) atoms. The van der Waals surface area contributed by atoms with Crippen molar-refractivity contribution in [3.05, 3.63) is 22.7 Å². The molecule has 0 saturated carbocycles. The highest BCUT2D eigenvalue weighted by atomic mass is 28.4. The monoisotopic (exact) mass is 560 g/mol. The lowest BCUT2D eigenvalue weighted by Gasteiger charge is -2.38. The van der Waals surface area contributed by atoms with Gasteiger partial charge >= 0.3 is 6.21 Å². The molecule has 1 atom stereocenters. The Labute approximate surface area is 230 Å². The van der Waals surface area contributed by atoms with Crippen LogP contribution in [0, 0.1) is 11.5 Å². The summed E-state index contributed by atoms with van der Waals surface area (Å²) in [4.78, 5) is 28.0. The number of Topliss-reactive ketones (excluding diaryl/α,β-unsaturated/α-hetero) is 2. The number of rotatable bonds is 13. The third-order valence-corrected chi connectivity index (χ3v) is 11.9. The van der Waals surface area contributed by atoms with Crippen LogP contribution in [0.4, 0.5) is 0 Å². The minimum absolute atomic E-state index is 0.0180. The van der Waals surface area contributed by atoms with E-state index < -0.39 is 22.2 Å². The van der Waals surface area contributed by atoms with E-state index >= 15 is 0 Å². The van der Waals surface area contributed by atoms with Crippen molar-refractivity contribution in [3.63, 3.8) is 0 Å². The Bertz CT molecular complexity index is 1120. The van der Waals surface area contributed by atoms with Crippen LogP contribution in [0.25, 0.3) is 5.53 Å². The smallest absolute Gasteiger partial charge is 0.323 e. The van der Waals surface area contributed by atoms with Gasteiger partial charge in [-0.2, -0.15) is 4.79 Å². The lowest BCUT2D eigenvalue weighted by atomic mass is 9.94. The van der Waals surface area contributed by atoms with Crippen molar-refractivity contribution in [1.29, 1.82) is 0 Å². The summed E-state index contributed by atoms with van der Waals surface area (Å²) in [5, 5.41) is 0.0180. The predicted octanol–water partition coefficient (Wildman–Crippen LogP) is 5.75. The topological polar surface area (TPSA) is 107 Å². The minimum Gasteiger partial charge on any atom is -0.493 e. The fourth-order valence-electron chi connectivity index (χ4n) is 3.48. The molecule has 0 heterocycles. The third-order valence-electron chi connectivity index (χ3n) is 6.52. The number of ketones is 2. The summed E-state index contributed by atoms with van der Waals surface area (Å²) >= 11 is 0. The molecule has 0 fully saturated rings. The maximum atomic E-state index is 13.4. The number of hydrogen-bond donors (Lipinski definition) is 0. The van der Waals surface area contributed by atoms with Gasteiger partial charge in [0.05, 0.1) is 26.9 Å². The molecule has 8 nitrogen and oxygen atoms in total. The summed E-state index contributed by atoms with van der Waals surface area (Å²) in [7, 11) is 0.705. The van der Waals surface area contributed by atoms with Gasteiger partial charge in [0.25, 0.3) is 0 Å². The van der Waals surface area contributed by atoms with Crippen molar-refractivity contribution in [2.75, 3.05) is 21.3 Å². The van der Waals surface area contributed by atoms with Crippen molar-refractivity contribution < 1.29 is 33.0 Å². The average molecular weight is 561 g/mol. The molecule has 0 amide bonds. The number of carbonyl (C=O) groups excluding carboxylic acids is 2. The number of methoxy groups -OCH3 is 3. The Kier molecular flexibility index (Phi) is 12.2. The van der Waals surface area contributed by atoms with Crippen LogP contribution in [0.2, 0.25) is 37.8 Å². The molecule has 0 bridgehead atoms. The van der Waals surface area contributed by atoms with E-state index in [0.717, 1.165) is 6.21 Å². The van der Waals surface area contributed by atoms with Crippen molar-refractivity contribution in [2.24, 2.45) is 0 Å². The van der Waals surface area contributed by atoms with Gasteiger partial charge < -0.3 is 24.2 Å². The van der Waals surface area contributed by atoms with Crippen molar-refractivity contribution in [1.82, 2.24) is 0 Å². The van der Waals surface area contributed by atoms with Gasteiger partial charge in [0.15, 0.2) is 25.6 Å². The highest BCUT2D eigenvalue weighted by molar-refractivity contribution is 6.83. The molecule has 1 aromatic carbocycles. The zero-order chi connectivity index (χ0) is 29.3. The van der Waals surface area contributed by atoms with Crippen molar-refractivity contribution in [3.8, 4) is 28.7 Å². The van der Waals surface area contributed by atoms with E-state index in [0.29, 0.717) is 35.5 Å². The molecule has 0 aromatic heterocycles. The summed E-state index contributed by atoms with van der Waals surface area (Å²) in [6.07, 6.45) is 1.36. The molecule has 0 spiro atoms. The molecule has 0 aliphatic carbocycles. The number of hydrogen-bond acceptors (Lipinski definition) is 6. The van der Waals surface area contributed by atoms with Crippen LogP contribution >= 0.6 is 0 Å². The maximum absolute atomic E-state index is 13.4. The van der Waals surface area contributed by atoms with Crippen LogP contribution in [-0.2, 0) is 15.6 Å². The fourth-order valence-corrected chi connectivity index (χ4v) is 5.31. The Morgan fingerprint density at radius 2 is 1.63 bits per heavy atom. The molecule has 0 N–H and O–H groups in total. The molecule has 0 saturated heterocycles. The molecule has 1 aromatic rings. The highest BCUT2D eigenvalue weighted by Gasteiger charge is 2.39. The van der Waals surface area contributed by atoms with E-state index in [1.165, 1.54) is 21.3 Å². The normalized spacial score (nSPS) is 12.5. The molecule has 0 aliphatic rings.